The summed E-state index contributed by atoms with van der Waals surface area (Å²) in [6.07, 6.45) is -2.09. The number of alkyl halides is 3. The highest BCUT2D eigenvalue weighted by atomic mass is 19.4. The van der Waals surface area contributed by atoms with E-state index in [-0.39, 0.29) is 13.0 Å². The third-order valence-corrected chi connectivity index (χ3v) is 2.39. The molecule has 0 fully saturated rings. The highest BCUT2D eigenvalue weighted by molar-refractivity contribution is 5.91. The van der Waals surface area contributed by atoms with Crippen LogP contribution in [0, 0.1) is 11.3 Å². The Morgan fingerprint density at radius 3 is 2.50 bits per heavy atom. The zero-order valence-corrected chi connectivity index (χ0v) is 10.6. The molecule has 0 saturated carbocycles. The summed E-state index contributed by atoms with van der Waals surface area (Å²) in [5, 5.41) is 8.42. The molecule has 0 saturated heterocycles. The maximum atomic E-state index is 12.4. The lowest BCUT2D eigenvalue weighted by Gasteiger charge is -2.21. The molecule has 0 aromatic heterocycles. The van der Waals surface area contributed by atoms with Gasteiger partial charge in [0.25, 0.3) is 0 Å². The van der Waals surface area contributed by atoms with Gasteiger partial charge in [-0.3, -0.25) is 4.79 Å². The number of carbonyl (C=O) groups is 1. The molecular formula is C14H13F3N2O. The van der Waals surface area contributed by atoms with Gasteiger partial charge in [-0.05, 0) is 11.6 Å². The minimum atomic E-state index is -4.48. The van der Waals surface area contributed by atoms with Gasteiger partial charge in [0, 0.05) is 12.6 Å². The van der Waals surface area contributed by atoms with E-state index in [1.54, 1.807) is 36.4 Å². The normalized spacial score (nSPS) is 11.3. The monoisotopic (exact) mass is 282 g/mol. The molecule has 0 heterocycles. The summed E-state index contributed by atoms with van der Waals surface area (Å²) in [7, 11) is 0. The molecule has 1 aromatic carbocycles. The summed E-state index contributed by atoms with van der Waals surface area (Å²) >= 11 is 0. The van der Waals surface area contributed by atoms with Crippen LogP contribution in [0.4, 0.5) is 13.2 Å². The molecule has 20 heavy (non-hydrogen) atoms. The Labute approximate surface area is 114 Å². The topological polar surface area (TPSA) is 44.1 Å². The van der Waals surface area contributed by atoms with E-state index in [4.69, 9.17) is 5.26 Å². The molecule has 0 radical (unpaired) electrons. The van der Waals surface area contributed by atoms with Crippen LogP contribution >= 0.6 is 0 Å². The zero-order valence-electron chi connectivity index (χ0n) is 10.6. The first-order chi connectivity index (χ1) is 9.42. The fourth-order valence-corrected chi connectivity index (χ4v) is 1.51. The van der Waals surface area contributed by atoms with Crippen molar-refractivity contribution in [1.82, 2.24) is 4.90 Å². The maximum absolute atomic E-state index is 12.4. The van der Waals surface area contributed by atoms with Crippen LogP contribution < -0.4 is 0 Å². The molecule has 0 N–H and O–H groups in total. The SMILES string of the molecule is N#CCCN(CC(F)(F)F)C(=O)/C=C/c1ccccc1. The van der Waals surface area contributed by atoms with Crippen molar-refractivity contribution in [2.75, 3.05) is 13.1 Å². The van der Waals surface area contributed by atoms with E-state index in [0.29, 0.717) is 10.5 Å². The van der Waals surface area contributed by atoms with Crippen molar-refractivity contribution in [2.24, 2.45) is 0 Å². The Morgan fingerprint density at radius 1 is 1.30 bits per heavy atom. The Hall–Kier alpha value is -2.29. The van der Waals surface area contributed by atoms with Gasteiger partial charge in [-0.25, -0.2) is 0 Å². The molecule has 1 aromatic rings. The number of nitriles is 1. The molecule has 3 nitrogen and oxygen atoms in total. The number of hydrogen-bond acceptors (Lipinski definition) is 2. The summed E-state index contributed by atoms with van der Waals surface area (Å²) in [4.78, 5) is 12.3. The van der Waals surface area contributed by atoms with Gasteiger partial charge in [0.05, 0.1) is 12.5 Å². The molecule has 0 bridgehead atoms. The molecule has 1 rings (SSSR count). The molecule has 0 unspecified atom stereocenters. The lowest BCUT2D eigenvalue weighted by atomic mass is 10.2. The van der Waals surface area contributed by atoms with Crippen molar-refractivity contribution in [2.45, 2.75) is 12.6 Å². The zero-order chi connectivity index (χ0) is 15.0. The molecular weight excluding hydrogens is 269 g/mol. The molecule has 0 atom stereocenters. The summed E-state index contributed by atoms with van der Waals surface area (Å²) in [6, 6.07) is 10.5. The van der Waals surface area contributed by atoms with Crippen LogP contribution in [-0.2, 0) is 4.79 Å². The third kappa shape index (κ3) is 6.05. The minimum absolute atomic E-state index is 0.138. The van der Waals surface area contributed by atoms with Crippen molar-refractivity contribution in [1.29, 1.82) is 5.26 Å². The van der Waals surface area contributed by atoms with E-state index in [1.165, 1.54) is 6.08 Å². The van der Waals surface area contributed by atoms with Gasteiger partial charge in [0.15, 0.2) is 0 Å². The van der Waals surface area contributed by atoms with Crippen LogP contribution in [0.15, 0.2) is 36.4 Å². The standard InChI is InChI=1S/C14H13F3N2O/c15-14(16,17)11-19(10-4-9-18)13(20)8-7-12-5-2-1-3-6-12/h1-3,5-8H,4,10-11H2/b8-7+. The molecule has 6 heteroatoms. The van der Waals surface area contributed by atoms with E-state index in [0.717, 1.165) is 6.08 Å². The maximum Gasteiger partial charge on any atom is 0.406 e. The summed E-state index contributed by atoms with van der Waals surface area (Å²) < 4.78 is 37.1. The number of nitrogens with zero attached hydrogens (tertiary/aromatic N) is 2. The summed E-state index contributed by atoms with van der Waals surface area (Å²) in [5.41, 5.74) is 0.716. The van der Waals surface area contributed by atoms with E-state index in [1.807, 2.05) is 0 Å². The average molecular weight is 282 g/mol. The van der Waals surface area contributed by atoms with E-state index in [2.05, 4.69) is 0 Å². The molecule has 106 valence electrons. The Bertz CT molecular complexity index is 503. The van der Waals surface area contributed by atoms with Crippen molar-refractivity contribution in [3.05, 3.63) is 42.0 Å². The fraction of sp³-hybridized carbons (Fsp3) is 0.286. The quantitative estimate of drug-likeness (QED) is 0.779. The number of carbonyl (C=O) groups excluding carboxylic acids is 1. The van der Waals surface area contributed by atoms with Crippen molar-refractivity contribution in [3.63, 3.8) is 0 Å². The lowest BCUT2D eigenvalue weighted by Crippen LogP contribution is -2.38. The van der Waals surface area contributed by atoms with Crippen LogP contribution in [0.5, 0.6) is 0 Å². The predicted octanol–water partition coefficient (Wildman–Crippen LogP) is 3.00. The van der Waals surface area contributed by atoms with E-state index in [9.17, 15) is 18.0 Å². The molecule has 0 spiro atoms. The van der Waals surface area contributed by atoms with Crippen LogP contribution in [0.3, 0.4) is 0 Å². The predicted molar refractivity (Wildman–Crippen MR) is 68.3 cm³/mol. The van der Waals surface area contributed by atoms with Gasteiger partial charge in [-0.15, -0.1) is 0 Å². The van der Waals surface area contributed by atoms with Gasteiger partial charge >= 0.3 is 6.18 Å². The second kappa shape index (κ2) is 7.34. The van der Waals surface area contributed by atoms with Crippen molar-refractivity contribution >= 4 is 12.0 Å². The highest BCUT2D eigenvalue weighted by Crippen LogP contribution is 2.17. The number of benzene rings is 1. The van der Waals surface area contributed by atoms with Gasteiger partial charge < -0.3 is 4.90 Å². The molecule has 0 aliphatic carbocycles. The van der Waals surface area contributed by atoms with E-state index < -0.39 is 18.6 Å². The van der Waals surface area contributed by atoms with Crippen molar-refractivity contribution in [3.8, 4) is 6.07 Å². The average Bonchev–Trinajstić information content (AvgIpc) is 2.40. The summed E-state index contributed by atoms with van der Waals surface area (Å²) in [6.45, 7) is -1.60. The number of amides is 1. The van der Waals surface area contributed by atoms with E-state index >= 15 is 0 Å². The summed E-state index contributed by atoms with van der Waals surface area (Å²) in [5.74, 6) is -0.763. The smallest absolute Gasteiger partial charge is 0.329 e. The Morgan fingerprint density at radius 2 is 1.95 bits per heavy atom. The van der Waals surface area contributed by atoms with Gasteiger partial charge in [-0.2, -0.15) is 18.4 Å². The fourth-order valence-electron chi connectivity index (χ4n) is 1.51. The first-order valence-electron chi connectivity index (χ1n) is 5.88. The third-order valence-electron chi connectivity index (χ3n) is 2.39. The van der Waals surface area contributed by atoms with Gasteiger partial charge in [0.1, 0.15) is 6.54 Å². The number of rotatable bonds is 5. The number of halogens is 3. The minimum Gasteiger partial charge on any atom is -0.329 e. The highest BCUT2D eigenvalue weighted by Gasteiger charge is 2.32. The van der Waals surface area contributed by atoms with Gasteiger partial charge in [0.2, 0.25) is 5.91 Å². The largest absolute Gasteiger partial charge is 0.406 e. The molecule has 0 aliphatic heterocycles. The molecule has 1 amide bonds. The first-order valence-corrected chi connectivity index (χ1v) is 5.88. The van der Waals surface area contributed by atoms with Crippen LogP contribution in [0.1, 0.15) is 12.0 Å². The second-order valence-corrected chi connectivity index (χ2v) is 4.03. The molecule has 0 aliphatic rings. The second-order valence-electron chi connectivity index (χ2n) is 4.03. The number of hydrogen-bond donors (Lipinski definition) is 0. The van der Waals surface area contributed by atoms with Gasteiger partial charge in [-0.1, -0.05) is 30.3 Å². The first kappa shape index (κ1) is 15.8. The Kier molecular flexibility index (Phi) is 5.78. The van der Waals surface area contributed by atoms with Crippen LogP contribution in [0.25, 0.3) is 6.08 Å². The Balaban J connectivity index is 2.72. The lowest BCUT2D eigenvalue weighted by molar-refractivity contribution is -0.158. The van der Waals surface area contributed by atoms with Crippen LogP contribution in [-0.4, -0.2) is 30.1 Å². The van der Waals surface area contributed by atoms with Crippen LogP contribution in [0.2, 0.25) is 0 Å². The van der Waals surface area contributed by atoms with Crippen molar-refractivity contribution < 1.29 is 18.0 Å².